The van der Waals surface area contributed by atoms with Crippen molar-refractivity contribution < 1.29 is 0 Å². The summed E-state index contributed by atoms with van der Waals surface area (Å²) >= 11 is 0. The molecule has 0 bridgehead atoms. The highest BCUT2D eigenvalue weighted by molar-refractivity contribution is 5.74. The van der Waals surface area contributed by atoms with Crippen LogP contribution in [0.25, 0.3) is 11.0 Å². The van der Waals surface area contributed by atoms with E-state index in [1.54, 1.807) is 17.9 Å². The van der Waals surface area contributed by atoms with E-state index in [1.807, 2.05) is 36.5 Å². The van der Waals surface area contributed by atoms with Crippen molar-refractivity contribution in [3.63, 3.8) is 0 Å². The Morgan fingerprint density at radius 3 is 2.72 bits per heavy atom. The largest absolute Gasteiger partial charge is 0.345 e. The molecule has 8 heteroatoms. The van der Waals surface area contributed by atoms with E-state index >= 15 is 0 Å². The number of hydrogen-bond donors (Lipinski definition) is 1. The third kappa shape index (κ3) is 4.03. The third-order valence-electron chi connectivity index (χ3n) is 4.19. The number of nitrogens with zero attached hydrogens (tertiary/aromatic N) is 6. The molecule has 3 aromatic rings. The minimum Gasteiger partial charge on any atom is -0.345 e. The zero-order chi connectivity index (χ0) is 17.8. The molecule has 8 nitrogen and oxygen atoms in total. The molecule has 132 valence electrons. The van der Waals surface area contributed by atoms with E-state index < -0.39 is 0 Å². The van der Waals surface area contributed by atoms with Crippen LogP contribution < -0.4 is 10.5 Å². The molecule has 0 aromatic carbocycles. The van der Waals surface area contributed by atoms with E-state index in [4.69, 9.17) is 0 Å². The SMILES string of the molecule is CN(CCCN(C)c1nc2c(cnn2C)c(=O)[nH]1)Cc1ccncc1. The lowest BCUT2D eigenvalue weighted by molar-refractivity contribution is 0.323. The Morgan fingerprint density at radius 2 is 1.96 bits per heavy atom. The molecule has 0 aliphatic heterocycles. The van der Waals surface area contributed by atoms with Gasteiger partial charge in [0.15, 0.2) is 5.65 Å². The minimum absolute atomic E-state index is 0.158. The fourth-order valence-electron chi connectivity index (χ4n) is 2.76. The number of fused-ring (bicyclic) bond motifs is 1. The average molecular weight is 341 g/mol. The normalized spacial score (nSPS) is 11.4. The van der Waals surface area contributed by atoms with E-state index in [9.17, 15) is 4.79 Å². The number of rotatable bonds is 7. The van der Waals surface area contributed by atoms with E-state index in [0.29, 0.717) is 17.0 Å². The molecule has 0 aliphatic carbocycles. The second kappa shape index (κ2) is 7.43. The van der Waals surface area contributed by atoms with Crippen LogP contribution in [0.5, 0.6) is 0 Å². The Kier molecular flexibility index (Phi) is 5.08. The fourth-order valence-corrected chi connectivity index (χ4v) is 2.76. The lowest BCUT2D eigenvalue weighted by Gasteiger charge is -2.21. The van der Waals surface area contributed by atoms with Gasteiger partial charge in [0.1, 0.15) is 5.39 Å². The van der Waals surface area contributed by atoms with E-state index in [0.717, 1.165) is 26.1 Å². The number of pyridine rings is 1. The molecule has 3 aromatic heterocycles. The lowest BCUT2D eigenvalue weighted by Crippen LogP contribution is -2.28. The van der Waals surface area contributed by atoms with Crippen molar-refractivity contribution in [1.82, 2.24) is 29.6 Å². The molecular formula is C17H23N7O. The highest BCUT2D eigenvalue weighted by Crippen LogP contribution is 2.10. The summed E-state index contributed by atoms with van der Waals surface area (Å²) < 4.78 is 1.62. The van der Waals surface area contributed by atoms with E-state index in [1.165, 1.54) is 5.56 Å². The predicted octanol–water partition coefficient (Wildman–Crippen LogP) is 1.01. The van der Waals surface area contributed by atoms with Crippen LogP contribution in [-0.4, -0.2) is 56.8 Å². The molecule has 0 amide bonds. The summed E-state index contributed by atoms with van der Waals surface area (Å²) in [6, 6.07) is 4.06. The topological polar surface area (TPSA) is 82.9 Å². The second-order valence-corrected chi connectivity index (χ2v) is 6.26. The van der Waals surface area contributed by atoms with Gasteiger partial charge in [0.25, 0.3) is 5.56 Å². The summed E-state index contributed by atoms with van der Waals surface area (Å²) in [4.78, 5) is 27.7. The molecule has 0 unspecified atom stereocenters. The maximum atomic E-state index is 12.1. The van der Waals surface area contributed by atoms with Crippen LogP contribution in [0.3, 0.4) is 0 Å². The van der Waals surface area contributed by atoms with Crippen LogP contribution in [0, 0.1) is 0 Å². The van der Waals surface area contributed by atoms with Gasteiger partial charge < -0.3 is 9.80 Å². The zero-order valence-corrected chi connectivity index (χ0v) is 14.8. The van der Waals surface area contributed by atoms with E-state index in [2.05, 4.69) is 32.0 Å². The van der Waals surface area contributed by atoms with Crippen LogP contribution >= 0.6 is 0 Å². The zero-order valence-electron chi connectivity index (χ0n) is 14.8. The van der Waals surface area contributed by atoms with Crippen molar-refractivity contribution in [3.05, 3.63) is 46.6 Å². The molecular weight excluding hydrogens is 318 g/mol. The van der Waals surface area contributed by atoms with Gasteiger partial charge in [-0.1, -0.05) is 0 Å². The Morgan fingerprint density at radius 1 is 1.20 bits per heavy atom. The summed E-state index contributed by atoms with van der Waals surface area (Å²) in [7, 11) is 5.82. The van der Waals surface area contributed by atoms with Gasteiger partial charge in [0.2, 0.25) is 5.95 Å². The highest BCUT2D eigenvalue weighted by atomic mass is 16.1. The Hall–Kier alpha value is -2.74. The average Bonchev–Trinajstić information content (AvgIpc) is 2.97. The fraction of sp³-hybridized carbons (Fsp3) is 0.412. The van der Waals surface area contributed by atoms with Crippen molar-refractivity contribution in [2.24, 2.45) is 7.05 Å². The number of aryl methyl sites for hydroxylation is 1. The summed E-state index contributed by atoms with van der Waals surface area (Å²) in [5.74, 6) is 0.567. The number of aromatic nitrogens is 5. The first-order valence-corrected chi connectivity index (χ1v) is 8.25. The van der Waals surface area contributed by atoms with Crippen molar-refractivity contribution >= 4 is 17.0 Å². The van der Waals surface area contributed by atoms with Gasteiger partial charge in [-0.3, -0.25) is 19.4 Å². The summed E-state index contributed by atoms with van der Waals surface area (Å²) in [6.45, 7) is 2.64. The van der Waals surface area contributed by atoms with Gasteiger partial charge >= 0.3 is 0 Å². The van der Waals surface area contributed by atoms with Crippen LogP contribution in [0.4, 0.5) is 5.95 Å². The molecule has 0 radical (unpaired) electrons. The lowest BCUT2D eigenvalue weighted by atomic mass is 10.2. The minimum atomic E-state index is -0.158. The van der Waals surface area contributed by atoms with Gasteiger partial charge in [-0.05, 0) is 37.7 Å². The third-order valence-corrected chi connectivity index (χ3v) is 4.19. The molecule has 0 fully saturated rings. The smallest absolute Gasteiger partial charge is 0.263 e. The summed E-state index contributed by atoms with van der Waals surface area (Å²) in [6.07, 6.45) is 6.13. The number of anilines is 1. The first-order chi connectivity index (χ1) is 12.0. The predicted molar refractivity (Wildman–Crippen MR) is 97.6 cm³/mol. The Labute approximate surface area is 146 Å². The van der Waals surface area contributed by atoms with Crippen LogP contribution in [0.1, 0.15) is 12.0 Å². The van der Waals surface area contributed by atoms with Crippen molar-refractivity contribution in [3.8, 4) is 0 Å². The highest BCUT2D eigenvalue weighted by Gasteiger charge is 2.11. The van der Waals surface area contributed by atoms with Crippen molar-refractivity contribution in [2.75, 3.05) is 32.1 Å². The van der Waals surface area contributed by atoms with Gasteiger partial charge in [-0.25, -0.2) is 0 Å². The number of hydrogen-bond acceptors (Lipinski definition) is 6. The first kappa shape index (κ1) is 17.1. The maximum absolute atomic E-state index is 12.1. The van der Waals surface area contributed by atoms with Gasteiger partial charge in [-0.2, -0.15) is 10.1 Å². The van der Waals surface area contributed by atoms with Crippen molar-refractivity contribution in [2.45, 2.75) is 13.0 Å². The van der Waals surface area contributed by atoms with E-state index in [-0.39, 0.29) is 5.56 Å². The number of H-pyrrole nitrogens is 1. The molecule has 0 aliphatic rings. The Balaban J connectivity index is 1.56. The molecule has 0 spiro atoms. The number of aromatic amines is 1. The molecule has 0 saturated carbocycles. The Bertz CT molecular complexity index is 887. The molecule has 3 heterocycles. The van der Waals surface area contributed by atoms with Crippen LogP contribution in [0.15, 0.2) is 35.5 Å². The van der Waals surface area contributed by atoms with Gasteiger partial charge in [-0.15, -0.1) is 0 Å². The van der Waals surface area contributed by atoms with Crippen LogP contribution in [-0.2, 0) is 13.6 Å². The second-order valence-electron chi connectivity index (χ2n) is 6.26. The van der Waals surface area contributed by atoms with Gasteiger partial charge in [0, 0.05) is 39.6 Å². The summed E-state index contributed by atoms with van der Waals surface area (Å²) in [5.41, 5.74) is 1.69. The summed E-state index contributed by atoms with van der Waals surface area (Å²) in [5, 5.41) is 4.60. The molecule has 1 N–H and O–H groups in total. The van der Waals surface area contributed by atoms with Crippen LogP contribution in [0.2, 0.25) is 0 Å². The molecule has 25 heavy (non-hydrogen) atoms. The quantitative estimate of drug-likeness (QED) is 0.691. The molecule has 0 atom stereocenters. The monoisotopic (exact) mass is 341 g/mol. The molecule has 0 saturated heterocycles. The molecule has 3 rings (SSSR count). The standard InChI is InChI=1S/C17H23N7O/c1-22(12-13-5-7-18-8-6-13)9-4-10-23(2)17-20-15-14(16(25)21-17)11-19-24(15)3/h5-8,11H,4,9-10,12H2,1-3H3,(H,20,21,25). The number of nitrogens with one attached hydrogen (secondary N) is 1. The van der Waals surface area contributed by atoms with Gasteiger partial charge in [0.05, 0.1) is 6.20 Å². The first-order valence-electron chi connectivity index (χ1n) is 8.25. The van der Waals surface area contributed by atoms with Crippen molar-refractivity contribution in [1.29, 1.82) is 0 Å². The maximum Gasteiger partial charge on any atom is 0.263 e.